The van der Waals surface area contributed by atoms with Gasteiger partial charge in [0.05, 0.1) is 0 Å². The molecule has 138 valence electrons. The van der Waals surface area contributed by atoms with Crippen LogP contribution in [0.3, 0.4) is 0 Å². The lowest BCUT2D eigenvalue weighted by molar-refractivity contribution is 0.629. The van der Waals surface area contributed by atoms with Gasteiger partial charge >= 0.3 is 0 Å². The lowest BCUT2D eigenvalue weighted by Crippen LogP contribution is -2.72. The first-order valence-electron chi connectivity index (χ1n) is 9.73. The molecular weight excluding hydrogens is 391 g/mol. The van der Waals surface area contributed by atoms with Crippen LogP contribution in [0, 0.1) is 5.82 Å². The Balaban J connectivity index is 1.87. The third-order valence-corrected chi connectivity index (χ3v) is 12.3. The van der Waals surface area contributed by atoms with Crippen molar-refractivity contribution in [3.05, 3.63) is 109 Å². The summed E-state index contributed by atoms with van der Waals surface area (Å²) in [4.78, 5) is 1.24. The Morgan fingerprint density at radius 3 is 1.97 bits per heavy atom. The number of thiophene rings is 1. The van der Waals surface area contributed by atoms with E-state index in [2.05, 4.69) is 84.9 Å². The molecule has 2 heterocycles. The van der Waals surface area contributed by atoms with E-state index in [1.165, 1.54) is 35.7 Å². The van der Waals surface area contributed by atoms with E-state index in [4.69, 9.17) is 0 Å². The molecule has 0 bridgehead atoms. The van der Waals surface area contributed by atoms with E-state index in [1.807, 2.05) is 6.07 Å². The quantitative estimate of drug-likeness (QED) is 0.373. The van der Waals surface area contributed by atoms with Gasteiger partial charge in [-0.25, -0.2) is 4.39 Å². The Morgan fingerprint density at radius 1 is 0.655 bits per heavy atom. The van der Waals surface area contributed by atoms with Crippen molar-refractivity contribution >= 4 is 50.2 Å². The zero-order valence-electron chi connectivity index (χ0n) is 15.6. The molecule has 3 heteroatoms. The SMILES string of the molecule is Fc1ccc2c(c1)-c1sc3ccccc3c1[Si]2(c1ccccc1)c1ccccc1. The third kappa shape index (κ3) is 2.23. The summed E-state index contributed by atoms with van der Waals surface area (Å²) >= 11 is 1.80. The Morgan fingerprint density at radius 2 is 1.28 bits per heavy atom. The zero-order valence-corrected chi connectivity index (χ0v) is 17.4. The normalized spacial score (nSPS) is 14.0. The van der Waals surface area contributed by atoms with Crippen LogP contribution >= 0.6 is 11.3 Å². The topological polar surface area (TPSA) is 0 Å². The van der Waals surface area contributed by atoms with E-state index in [9.17, 15) is 4.39 Å². The molecule has 29 heavy (non-hydrogen) atoms. The Kier molecular flexibility index (Phi) is 3.64. The highest BCUT2D eigenvalue weighted by atomic mass is 32.1. The summed E-state index contributed by atoms with van der Waals surface area (Å²) < 4.78 is 15.7. The summed E-state index contributed by atoms with van der Waals surface area (Å²) in [5.41, 5.74) is 1.07. The lowest BCUT2D eigenvalue weighted by Gasteiger charge is -2.31. The van der Waals surface area contributed by atoms with E-state index in [0.717, 1.165) is 5.56 Å². The van der Waals surface area contributed by atoms with E-state index in [1.54, 1.807) is 23.5 Å². The van der Waals surface area contributed by atoms with Gasteiger partial charge in [0.2, 0.25) is 0 Å². The van der Waals surface area contributed by atoms with Gasteiger partial charge in [-0.15, -0.1) is 11.3 Å². The maximum atomic E-state index is 14.4. The van der Waals surface area contributed by atoms with E-state index >= 15 is 0 Å². The minimum Gasteiger partial charge on any atom is -0.207 e. The van der Waals surface area contributed by atoms with Gasteiger partial charge < -0.3 is 0 Å². The molecule has 0 nitrogen and oxygen atoms in total. The van der Waals surface area contributed by atoms with Crippen molar-refractivity contribution in [2.75, 3.05) is 0 Å². The Labute approximate surface area is 173 Å². The number of rotatable bonds is 2. The zero-order chi connectivity index (χ0) is 19.4. The predicted molar refractivity (Wildman–Crippen MR) is 124 cm³/mol. The second kappa shape index (κ2) is 6.24. The maximum Gasteiger partial charge on any atom is 0.182 e. The van der Waals surface area contributed by atoms with Gasteiger partial charge in [-0.1, -0.05) is 84.9 Å². The molecule has 1 aliphatic heterocycles. The first-order chi connectivity index (χ1) is 14.3. The molecule has 0 saturated carbocycles. The fourth-order valence-corrected chi connectivity index (χ4v) is 12.1. The van der Waals surface area contributed by atoms with Crippen LogP contribution in [0.1, 0.15) is 0 Å². The molecule has 6 rings (SSSR count). The second-order valence-corrected chi connectivity index (χ2v) is 12.2. The third-order valence-electron chi connectivity index (χ3n) is 6.01. The van der Waals surface area contributed by atoms with Crippen molar-refractivity contribution in [3.8, 4) is 10.4 Å². The van der Waals surface area contributed by atoms with Crippen LogP contribution in [0.15, 0.2) is 103 Å². The highest BCUT2D eigenvalue weighted by Crippen LogP contribution is 2.38. The van der Waals surface area contributed by atoms with Crippen molar-refractivity contribution in [3.63, 3.8) is 0 Å². The van der Waals surface area contributed by atoms with Crippen LogP contribution in [0.25, 0.3) is 20.5 Å². The van der Waals surface area contributed by atoms with Gasteiger partial charge in [0.15, 0.2) is 8.07 Å². The Hall–Kier alpha value is -3.01. The predicted octanol–water partition coefficient (Wildman–Crippen LogP) is 4.40. The van der Waals surface area contributed by atoms with Gasteiger partial charge in [-0.05, 0) is 49.9 Å². The molecular formula is C26H17FSSi. The van der Waals surface area contributed by atoms with Crippen molar-refractivity contribution in [1.29, 1.82) is 0 Å². The van der Waals surface area contributed by atoms with Crippen LogP contribution in [-0.2, 0) is 0 Å². The monoisotopic (exact) mass is 408 g/mol. The largest absolute Gasteiger partial charge is 0.207 e. The number of benzene rings is 4. The first-order valence-corrected chi connectivity index (χ1v) is 12.6. The molecule has 0 fully saturated rings. The van der Waals surface area contributed by atoms with Crippen LogP contribution in [-0.4, -0.2) is 8.07 Å². The number of hydrogen-bond acceptors (Lipinski definition) is 1. The molecule has 0 N–H and O–H groups in total. The second-order valence-electron chi connectivity index (χ2n) is 7.47. The summed E-state index contributed by atoms with van der Waals surface area (Å²) in [5, 5.41) is 6.71. The minimum atomic E-state index is -2.52. The molecule has 5 aromatic rings. The molecule has 1 aromatic heterocycles. The van der Waals surface area contributed by atoms with Crippen LogP contribution in [0.2, 0.25) is 0 Å². The molecule has 0 radical (unpaired) electrons. The Bertz CT molecular complexity index is 1320. The molecule has 0 aliphatic carbocycles. The van der Waals surface area contributed by atoms with Crippen molar-refractivity contribution in [2.24, 2.45) is 0 Å². The van der Waals surface area contributed by atoms with Gasteiger partial charge in [0.1, 0.15) is 5.82 Å². The summed E-state index contributed by atoms with van der Waals surface area (Å²) in [6.45, 7) is 0. The van der Waals surface area contributed by atoms with Gasteiger partial charge in [0.25, 0.3) is 0 Å². The fraction of sp³-hybridized carbons (Fsp3) is 0. The van der Waals surface area contributed by atoms with Crippen LogP contribution in [0.4, 0.5) is 4.39 Å². The molecule has 0 spiro atoms. The number of fused-ring (bicyclic) bond motifs is 5. The van der Waals surface area contributed by atoms with Gasteiger partial charge in [-0.2, -0.15) is 0 Å². The summed E-state index contributed by atoms with van der Waals surface area (Å²) in [6.07, 6.45) is 0. The molecule has 0 amide bonds. The minimum absolute atomic E-state index is 0.168. The first kappa shape index (κ1) is 16.9. The van der Waals surface area contributed by atoms with Gasteiger partial charge in [0, 0.05) is 9.58 Å². The van der Waals surface area contributed by atoms with Crippen molar-refractivity contribution in [2.45, 2.75) is 0 Å². The van der Waals surface area contributed by atoms with Crippen LogP contribution in [0.5, 0.6) is 0 Å². The van der Waals surface area contributed by atoms with Crippen molar-refractivity contribution in [1.82, 2.24) is 0 Å². The maximum absolute atomic E-state index is 14.4. The lowest BCUT2D eigenvalue weighted by atomic mass is 10.1. The smallest absolute Gasteiger partial charge is 0.182 e. The number of hydrogen-bond donors (Lipinski definition) is 0. The molecule has 1 aliphatic rings. The number of halogens is 1. The van der Waals surface area contributed by atoms with E-state index in [0.29, 0.717) is 0 Å². The molecule has 0 unspecified atom stereocenters. The van der Waals surface area contributed by atoms with Crippen molar-refractivity contribution < 1.29 is 4.39 Å². The van der Waals surface area contributed by atoms with Gasteiger partial charge in [-0.3, -0.25) is 0 Å². The van der Waals surface area contributed by atoms with E-state index in [-0.39, 0.29) is 5.82 Å². The molecule has 4 aromatic carbocycles. The standard InChI is InChI=1S/C26H17FSSi/c27-18-15-16-24-22(17-18)25-26(21-13-7-8-14-23(21)28-25)29(24,19-9-3-1-4-10-19)20-11-5-2-6-12-20/h1-17H. The highest BCUT2D eigenvalue weighted by molar-refractivity contribution is 7.32. The molecule has 0 saturated heterocycles. The summed E-state index contributed by atoms with van der Waals surface area (Å²) in [5.74, 6) is -0.168. The fourth-order valence-electron chi connectivity index (χ4n) is 4.92. The average molecular weight is 409 g/mol. The highest BCUT2D eigenvalue weighted by Gasteiger charge is 2.50. The average Bonchev–Trinajstić information content (AvgIpc) is 3.29. The summed E-state index contributed by atoms with van der Waals surface area (Å²) in [7, 11) is -2.52. The van der Waals surface area contributed by atoms with Crippen LogP contribution < -0.4 is 20.7 Å². The van der Waals surface area contributed by atoms with E-state index < -0.39 is 8.07 Å². The summed E-state index contributed by atoms with van der Waals surface area (Å²) in [6, 6.07) is 35.7. The molecule has 0 atom stereocenters.